The van der Waals surface area contributed by atoms with Crippen molar-refractivity contribution in [3.63, 3.8) is 0 Å². The van der Waals surface area contributed by atoms with Gasteiger partial charge in [0.05, 0.1) is 23.8 Å². The molecule has 0 atom stereocenters. The van der Waals surface area contributed by atoms with Crippen LogP contribution in [0.25, 0.3) is 5.65 Å². The van der Waals surface area contributed by atoms with Crippen molar-refractivity contribution in [1.82, 2.24) is 34.8 Å². The maximum Gasteiger partial charge on any atom is 0.317 e. The molecule has 202 valence electrons. The van der Waals surface area contributed by atoms with E-state index in [1.165, 1.54) is 27.9 Å². The summed E-state index contributed by atoms with van der Waals surface area (Å²) in [6, 6.07) is 8.83. The third-order valence-corrected chi connectivity index (χ3v) is 6.46. The van der Waals surface area contributed by atoms with Gasteiger partial charge < -0.3 is 26.2 Å². The first kappa shape index (κ1) is 25.8. The number of nitrogens with zero attached hydrogens (tertiary/aromatic N) is 6. The maximum absolute atomic E-state index is 14.1. The number of hydrogen-bond donors (Lipinski definition) is 4. The van der Waals surface area contributed by atoms with Crippen molar-refractivity contribution in [3.05, 3.63) is 66.6 Å². The second kappa shape index (κ2) is 11.3. The van der Waals surface area contributed by atoms with Gasteiger partial charge in [0.15, 0.2) is 17.2 Å². The number of carbonyl (C=O) groups is 2. The largest absolute Gasteiger partial charge is 0.366 e. The lowest BCUT2D eigenvalue weighted by Gasteiger charge is -2.30. The Labute approximate surface area is 224 Å². The van der Waals surface area contributed by atoms with Crippen molar-refractivity contribution in [2.75, 3.05) is 30.0 Å². The van der Waals surface area contributed by atoms with Crippen LogP contribution in [0.15, 0.2) is 55.1 Å². The topological polar surface area (TPSA) is 141 Å². The highest BCUT2D eigenvalue weighted by Gasteiger charge is 2.24. The summed E-state index contributed by atoms with van der Waals surface area (Å²) in [7, 11) is 3.44. The highest BCUT2D eigenvalue weighted by molar-refractivity contribution is 6.03. The zero-order valence-corrected chi connectivity index (χ0v) is 21.6. The molecule has 0 aromatic carbocycles. The molecular formula is C26H29FN10O2. The monoisotopic (exact) mass is 532 g/mol. The van der Waals surface area contributed by atoms with Crippen LogP contribution >= 0.6 is 0 Å². The van der Waals surface area contributed by atoms with Crippen molar-refractivity contribution in [1.29, 1.82) is 0 Å². The number of rotatable bonds is 7. The van der Waals surface area contributed by atoms with Crippen LogP contribution in [0.3, 0.4) is 0 Å². The Morgan fingerprint density at radius 1 is 0.974 bits per heavy atom. The molecule has 12 nitrogen and oxygen atoms in total. The second-order valence-electron chi connectivity index (χ2n) is 9.51. The predicted molar refractivity (Wildman–Crippen MR) is 145 cm³/mol. The first-order chi connectivity index (χ1) is 18.9. The van der Waals surface area contributed by atoms with Gasteiger partial charge in [0.2, 0.25) is 0 Å². The van der Waals surface area contributed by atoms with E-state index in [0.717, 1.165) is 31.9 Å². The molecule has 4 heterocycles. The molecule has 1 aliphatic rings. The number of aromatic nitrogens is 5. The smallest absolute Gasteiger partial charge is 0.317 e. The van der Waals surface area contributed by atoms with E-state index in [-0.39, 0.29) is 29.5 Å². The SMILES string of the molecule is CN(C)C(=O)NC1CCC(Nc2cc(Nc3ccccn3)c3ncc(C(=O)Nc4ccncc4F)n3n2)CC1. The number of nitrogens with one attached hydrogen (secondary N) is 4. The number of hydrogen-bond acceptors (Lipinski definition) is 8. The fourth-order valence-corrected chi connectivity index (χ4v) is 4.42. The van der Waals surface area contributed by atoms with E-state index in [1.54, 1.807) is 20.3 Å². The summed E-state index contributed by atoms with van der Waals surface area (Å²) >= 11 is 0. The van der Waals surface area contributed by atoms with Crippen LogP contribution in [0.1, 0.15) is 36.2 Å². The first-order valence-corrected chi connectivity index (χ1v) is 12.6. The number of carbonyl (C=O) groups excluding carboxylic acids is 2. The number of pyridine rings is 2. The van der Waals surface area contributed by atoms with E-state index in [1.807, 2.05) is 24.3 Å². The van der Waals surface area contributed by atoms with Crippen molar-refractivity contribution in [2.24, 2.45) is 0 Å². The summed E-state index contributed by atoms with van der Waals surface area (Å²) in [6.07, 6.45) is 8.80. The number of anilines is 4. The lowest BCUT2D eigenvalue weighted by Crippen LogP contribution is -2.44. The molecule has 13 heteroatoms. The quantitative estimate of drug-likeness (QED) is 0.283. The van der Waals surface area contributed by atoms with Crippen LogP contribution < -0.4 is 21.3 Å². The number of amides is 3. The minimum absolute atomic E-state index is 0.00387. The van der Waals surface area contributed by atoms with Crippen LogP contribution in [-0.2, 0) is 0 Å². The van der Waals surface area contributed by atoms with Crippen LogP contribution in [0.5, 0.6) is 0 Å². The molecule has 0 radical (unpaired) electrons. The lowest BCUT2D eigenvalue weighted by molar-refractivity contribution is 0.102. The summed E-state index contributed by atoms with van der Waals surface area (Å²) < 4.78 is 15.5. The van der Waals surface area contributed by atoms with E-state index in [9.17, 15) is 14.0 Å². The van der Waals surface area contributed by atoms with E-state index in [2.05, 4.69) is 41.3 Å². The lowest BCUT2D eigenvalue weighted by atomic mass is 9.91. The third-order valence-electron chi connectivity index (χ3n) is 6.46. The average molecular weight is 533 g/mol. The Balaban J connectivity index is 1.40. The molecule has 3 amide bonds. The molecule has 1 aliphatic carbocycles. The summed E-state index contributed by atoms with van der Waals surface area (Å²) in [5, 5.41) is 17.0. The third kappa shape index (κ3) is 6.03. The van der Waals surface area contributed by atoms with Gasteiger partial charge in [-0.2, -0.15) is 0 Å². The standard InChI is InChI=1S/C26H29FN10O2/c1-36(2)26(39)32-17-8-6-16(7-9-17)31-23-13-20(33-22-5-3-4-11-29-22)24-30-15-21(37(24)35-23)25(38)34-19-10-12-28-14-18(19)27/h3-5,10-17H,6-9H2,1-2H3,(H,29,33)(H,31,35)(H,32,39)(H,28,34,38). The molecule has 39 heavy (non-hydrogen) atoms. The van der Waals surface area contributed by atoms with Crippen molar-refractivity contribution in [3.8, 4) is 0 Å². The van der Waals surface area contributed by atoms with Crippen molar-refractivity contribution in [2.45, 2.75) is 37.8 Å². The Morgan fingerprint density at radius 3 is 2.49 bits per heavy atom. The summed E-state index contributed by atoms with van der Waals surface area (Å²) in [5.41, 5.74) is 1.13. The minimum Gasteiger partial charge on any atom is -0.366 e. The van der Waals surface area contributed by atoms with Crippen LogP contribution in [-0.4, -0.2) is 67.6 Å². The van der Waals surface area contributed by atoms with Crippen LogP contribution in [0.4, 0.5) is 32.2 Å². The first-order valence-electron chi connectivity index (χ1n) is 12.6. The molecule has 4 aromatic rings. The molecule has 5 rings (SSSR count). The highest BCUT2D eigenvalue weighted by atomic mass is 19.1. The summed E-state index contributed by atoms with van der Waals surface area (Å²) in [5.74, 6) is -0.0894. The minimum atomic E-state index is -0.648. The molecule has 0 saturated heterocycles. The molecule has 4 N–H and O–H groups in total. The zero-order chi connectivity index (χ0) is 27.4. The van der Waals surface area contributed by atoms with E-state index in [0.29, 0.717) is 23.0 Å². The van der Waals surface area contributed by atoms with E-state index < -0.39 is 11.7 Å². The second-order valence-corrected chi connectivity index (χ2v) is 9.51. The summed E-state index contributed by atoms with van der Waals surface area (Å²) in [4.78, 5) is 39.1. The Kier molecular flexibility index (Phi) is 7.48. The predicted octanol–water partition coefficient (Wildman–Crippen LogP) is 3.65. The zero-order valence-electron chi connectivity index (χ0n) is 21.6. The Bertz CT molecular complexity index is 1470. The molecule has 4 aromatic heterocycles. The summed E-state index contributed by atoms with van der Waals surface area (Å²) in [6.45, 7) is 0. The molecule has 0 aliphatic heterocycles. The molecular weight excluding hydrogens is 503 g/mol. The van der Waals surface area contributed by atoms with Crippen LogP contribution in [0.2, 0.25) is 0 Å². The van der Waals surface area contributed by atoms with E-state index >= 15 is 0 Å². The highest BCUT2D eigenvalue weighted by Crippen LogP contribution is 2.27. The van der Waals surface area contributed by atoms with Gasteiger partial charge in [0.1, 0.15) is 11.6 Å². The van der Waals surface area contributed by atoms with Gasteiger partial charge in [-0.15, -0.1) is 5.10 Å². The number of fused-ring (bicyclic) bond motifs is 1. The van der Waals surface area contributed by atoms with Gasteiger partial charge >= 0.3 is 6.03 Å². The molecule has 1 fully saturated rings. The number of halogens is 1. The van der Waals surface area contributed by atoms with Crippen molar-refractivity contribution >= 4 is 40.6 Å². The fourth-order valence-electron chi connectivity index (χ4n) is 4.42. The van der Waals surface area contributed by atoms with Gasteiger partial charge in [-0.1, -0.05) is 6.07 Å². The van der Waals surface area contributed by atoms with Gasteiger partial charge in [-0.25, -0.2) is 23.7 Å². The normalized spacial score (nSPS) is 16.9. The Hall–Kier alpha value is -4.81. The fraction of sp³-hybridized carbons (Fsp3) is 0.308. The van der Waals surface area contributed by atoms with E-state index in [4.69, 9.17) is 0 Å². The maximum atomic E-state index is 14.1. The average Bonchev–Trinajstić information content (AvgIpc) is 3.36. The molecule has 0 spiro atoms. The Morgan fingerprint density at radius 2 is 1.77 bits per heavy atom. The van der Waals surface area contributed by atoms with Gasteiger partial charge in [-0.3, -0.25) is 9.78 Å². The molecule has 0 unspecified atom stereocenters. The van der Waals surface area contributed by atoms with Crippen LogP contribution in [0, 0.1) is 5.82 Å². The van der Waals surface area contributed by atoms with Gasteiger partial charge in [0.25, 0.3) is 5.91 Å². The van der Waals surface area contributed by atoms with Crippen molar-refractivity contribution < 1.29 is 14.0 Å². The molecule has 0 bridgehead atoms. The number of imidazole rings is 1. The van der Waals surface area contributed by atoms with Gasteiger partial charge in [0, 0.05) is 44.6 Å². The molecule has 1 saturated carbocycles. The van der Waals surface area contributed by atoms with Gasteiger partial charge in [-0.05, 0) is 43.9 Å². The number of urea groups is 1.